The van der Waals surface area contributed by atoms with Crippen LogP contribution < -0.4 is 16.0 Å². The lowest BCUT2D eigenvalue weighted by Gasteiger charge is -2.20. The summed E-state index contributed by atoms with van der Waals surface area (Å²) in [5.41, 5.74) is 5.31. The van der Waals surface area contributed by atoms with Crippen molar-refractivity contribution < 1.29 is 0 Å². The molecule has 4 nitrogen and oxygen atoms in total. The van der Waals surface area contributed by atoms with Crippen LogP contribution in [0.25, 0.3) is 0 Å². The van der Waals surface area contributed by atoms with E-state index in [1.165, 1.54) is 68.4 Å². The van der Waals surface area contributed by atoms with Crippen LogP contribution in [0.15, 0.2) is 54.6 Å². The lowest BCUT2D eigenvalue weighted by atomic mass is 10.1. The molecule has 2 aromatic carbocycles. The number of rotatable bonds is 13. The third-order valence-electron chi connectivity index (χ3n) is 8.84. The van der Waals surface area contributed by atoms with Crippen molar-refractivity contribution in [3.63, 3.8) is 0 Å². The van der Waals surface area contributed by atoms with Gasteiger partial charge in [-0.3, -0.25) is 0 Å². The van der Waals surface area contributed by atoms with Crippen molar-refractivity contribution in [1.82, 2.24) is 15.5 Å². The van der Waals surface area contributed by atoms with E-state index in [4.69, 9.17) is 0 Å². The van der Waals surface area contributed by atoms with Crippen LogP contribution in [0.3, 0.4) is 0 Å². The highest BCUT2D eigenvalue weighted by Gasteiger charge is 2.47. The topological polar surface area (TPSA) is 39.3 Å². The molecule has 2 unspecified atom stereocenters. The molecule has 4 saturated carbocycles. The van der Waals surface area contributed by atoms with E-state index in [-0.39, 0.29) is 0 Å². The molecule has 0 heterocycles. The van der Waals surface area contributed by atoms with Crippen LogP contribution in [-0.2, 0) is 0 Å². The minimum absolute atomic E-state index is 0.453. The van der Waals surface area contributed by atoms with Gasteiger partial charge in [-0.15, -0.1) is 0 Å². The Morgan fingerprint density at radius 2 is 1.35 bits per heavy atom. The Morgan fingerprint density at radius 1 is 0.735 bits per heavy atom. The summed E-state index contributed by atoms with van der Waals surface area (Å²) in [4.78, 5) is 2.35. The van der Waals surface area contributed by atoms with E-state index in [1.54, 1.807) is 0 Å². The molecule has 182 valence electrons. The molecular formula is C30H42N4. The molecule has 0 aromatic heterocycles. The number of benzene rings is 2. The minimum Gasteiger partial charge on any atom is -0.384 e. The predicted octanol–water partition coefficient (Wildman–Crippen LogP) is 4.81. The molecule has 2 aromatic rings. The fourth-order valence-electron chi connectivity index (χ4n) is 5.97. The van der Waals surface area contributed by atoms with Crippen LogP contribution >= 0.6 is 0 Å². The molecule has 4 aliphatic rings. The van der Waals surface area contributed by atoms with E-state index < -0.39 is 0 Å². The molecule has 4 aliphatic carbocycles. The van der Waals surface area contributed by atoms with E-state index in [9.17, 15) is 0 Å². The SMILES string of the molecule is CN(C)CC1(CNC2C[C@@H]2c2cccc(NCC3(CN[C@H]4CC4c4ccccc4)CC3)c2)CC1. The number of anilines is 1. The molecule has 4 atom stereocenters. The van der Waals surface area contributed by atoms with Crippen molar-refractivity contribution in [2.24, 2.45) is 10.8 Å². The molecule has 0 radical (unpaired) electrons. The summed E-state index contributed by atoms with van der Waals surface area (Å²) in [6.07, 6.45) is 8.05. The van der Waals surface area contributed by atoms with Gasteiger partial charge in [0, 0.05) is 61.2 Å². The van der Waals surface area contributed by atoms with E-state index >= 15 is 0 Å². The van der Waals surface area contributed by atoms with Crippen LogP contribution in [0.1, 0.15) is 61.5 Å². The van der Waals surface area contributed by atoms with Gasteiger partial charge in [0.15, 0.2) is 0 Å². The molecule has 6 rings (SSSR count). The smallest absolute Gasteiger partial charge is 0.0343 e. The second-order valence-corrected chi connectivity index (χ2v) is 12.3. The summed E-state index contributed by atoms with van der Waals surface area (Å²) in [6.45, 7) is 4.65. The van der Waals surface area contributed by atoms with Gasteiger partial charge in [-0.1, -0.05) is 42.5 Å². The van der Waals surface area contributed by atoms with Crippen molar-refractivity contribution >= 4 is 5.69 Å². The standard InChI is InChI=1S/C30H42N4/c1-34(2)21-30(13-14-30)20-33-28-17-26(28)23-9-6-10-24(15-23)31-18-29(11-12-29)19-32-27-16-25(27)22-7-4-3-5-8-22/h3-10,15,25-28,31-33H,11-14,16-21H2,1-2H3/t25?,26-,27+,28?/m1/s1. The maximum absolute atomic E-state index is 3.89. The Balaban J connectivity index is 0.948. The van der Waals surface area contributed by atoms with Gasteiger partial charge in [0.25, 0.3) is 0 Å². The second-order valence-electron chi connectivity index (χ2n) is 12.3. The molecule has 4 fully saturated rings. The van der Waals surface area contributed by atoms with Crippen LogP contribution in [0.5, 0.6) is 0 Å². The Bertz CT molecular complexity index is 978. The largest absolute Gasteiger partial charge is 0.384 e. The van der Waals surface area contributed by atoms with Crippen LogP contribution in [-0.4, -0.2) is 57.3 Å². The molecule has 0 amide bonds. The zero-order valence-electron chi connectivity index (χ0n) is 21.0. The second kappa shape index (κ2) is 8.96. The first-order chi connectivity index (χ1) is 16.5. The van der Waals surface area contributed by atoms with E-state index in [2.05, 4.69) is 89.5 Å². The molecule has 0 aliphatic heterocycles. The lowest BCUT2D eigenvalue weighted by Crippen LogP contribution is -2.33. The molecule has 34 heavy (non-hydrogen) atoms. The van der Waals surface area contributed by atoms with Gasteiger partial charge in [0.2, 0.25) is 0 Å². The number of nitrogens with one attached hydrogen (secondary N) is 3. The molecule has 0 spiro atoms. The van der Waals surface area contributed by atoms with Crippen molar-refractivity contribution in [2.75, 3.05) is 45.6 Å². The summed E-state index contributed by atoms with van der Waals surface area (Å²) >= 11 is 0. The zero-order valence-corrected chi connectivity index (χ0v) is 21.0. The third-order valence-corrected chi connectivity index (χ3v) is 8.84. The fraction of sp³-hybridized carbons (Fsp3) is 0.600. The average Bonchev–Trinajstić information content (AvgIpc) is 3.67. The van der Waals surface area contributed by atoms with Gasteiger partial charge in [0.1, 0.15) is 0 Å². The highest BCUT2D eigenvalue weighted by Crippen LogP contribution is 2.49. The van der Waals surface area contributed by atoms with Gasteiger partial charge in [0.05, 0.1) is 0 Å². The fourth-order valence-corrected chi connectivity index (χ4v) is 5.97. The minimum atomic E-state index is 0.453. The summed E-state index contributed by atoms with van der Waals surface area (Å²) < 4.78 is 0. The Kier molecular flexibility index (Phi) is 5.95. The number of hydrogen-bond acceptors (Lipinski definition) is 4. The molecule has 4 heteroatoms. The summed E-state index contributed by atoms with van der Waals surface area (Å²) in [6, 6.07) is 21.6. The first-order valence-corrected chi connectivity index (χ1v) is 13.5. The third kappa shape index (κ3) is 5.35. The molecule has 0 saturated heterocycles. The number of nitrogens with zero attached hydrogens (tertiary/aromatic N) is 1. The van der Waals surface area contributed by atoms with E-state index in [1.807, 2.05) is 0 Å². The quantitative estimate of drug-likeness (QED) is 0.403. The Morgan fingerprint density at radius 3 is 2.00 bits per heavy atom. The monoisotopic (exact) mass is 458 g/mol. The van der Waals surface area contributed by atoms with Crippen molar-refractivity contribution in [1.29, 1.82) is 0 Å². The van der Waals surface area contributed by atoms with Crippen molar-refractivity contribution in [2.45, 2.75) is 62.4 Å². The first-order valence-electron chi connectivity index (χ1n) is 13.5. The summed E-state index contributed by atoms with van der Waals surface area (Å²) in [5.74, 6) is 1.41. The highest BCUT2D eigenvalue weighted by molar-refractivity contribution is 5.48. The Hall–Kier alpha value is -1.88. The first kappa shape index (κ1) is 22.6. The normalized spacial score (nSPS) is 29.6. The van der Waals surface area contributed by atoms with Crippen molar-refractivity contribution in [3.05, 3.63) is 65.7 Å². The van der Waals surface area contributed by atoms with Crippen molar-refractivity contribution in [3.8, 4) is 0 Å². The lowest BCUT2D eigenvalue weighted by molar-refractivity contribution is 0.298. The molecular weight excluding hydrogens is 416 g/mol. The van der Waals surface area contributed by atoms with Gasteiger partial charge >= 0.3 is 0 Å². The zero-order chi connectivity index (χ0) is 23.2. The molecule has 0 bridgehead atoms. The Labute approximate surface area is 205 Å². The van der Waals surface area contributed by atoms with Gasteiger partial charge in [-0.2, -0.15) is 0 Å². The van der Waals surface area contributed by atoms with Crippen LogP contribution in [0.4, 0.5) is 5.69 Å². The van der Waals surface area contributed by atoms with Gasteiger partial charge in [-0.25, -0.2) is 0 Å². The maximum atomic E-state index is 3.89. The predicted molar refractivity (Wildman–Crippen MR) is 142 cm³/mol. The van der Waals surface area contributed by atoms with Crippen LogP contribution in [0.2, 0.25) is 0 Å². The van der Waals surface area contributed by atoms with E-state index in [0.717, 1.165) is 19.0 Å². The van der Waals surface area contributed by atoms with E-state index in [0.29, 0.717) is 28.8 Å². The average molecular weight is 459 g/mol. The number of hydrogen-bond donors (Lipinski definition) is 3. The molecule has 3 N–H and O–H groups in total. The summed E-state index contributed by atoms with van der Waals surface area (Å²) in [5, 5.41) is 11.6. The van der Waals surface area contributed by atoms with Gasteiger partial charge in [-0.05, 0) is 81.3 Å². The van der Waals surface area contributed by atoms with Crippen LogP contribution in [0, 0.1) is 10.8 Å². The van der Waals surface area contributed by atoms with Gasteiger partial charge < -0.3 is 20.9 Å². The highest BCUT2D eigenvalue weighted by atomic mass is 15.1. The maximum Gasteiger partial charge on any atom is 0.0343 e. The summed E-state index contributed by atoms with van der Waals surface area (Å²) in [7, 11) is 4.40.